The van der Waals surface area contributed by atoms with E-state index >= 15 is 0 Å². The van der Waals surface area contributed by atoms with E-state index in [2.05, 4.69) is 4.74 Å². The van der Waals surface area contributed by atoms with Crippen LogP contribution in [0.25, 0.3) is 0 Å². The van der Waals surface area contributed by atoms with E-state index in [0.29, 0.717) is 6.42 Å². The van der Waals surface area contributed by atoms with Crippen LogP contribution in [0.3, 0.4) is 0 Å². The quantitative estimate of drug-likeness (QED) is 0.261. The lowest BCUT2D eigenvalue weighted by Crippen LogP contribution is -2.44. The first-order valence-electron chi connectivity index (χ1n) is 7.01. The largest absolute Gasteiger partial charge is 0.462 e. The predicted octanol–water partition coefficient (Wildman–Crippen LogP) is -2.50. The molecule has 0 heterocycles. The number of ether oxygens (including phenoxy) is 2. The van der Waals surface area contributed by atoms with Crippen molar-refractivity contribution in [2.24, 2.45) is 28.9 Å². The van der Waals surface area contributed by atoms with Gasteiger partial charge in [-0.3, -0.25) is 9.59 Å². The van der Waals surface area contributed by atoms with Gasteiger partial charge in [-0.1, -0.05) is 13.8 Å². The maximum atomic E-state index is 11.6. The van der Waals surface area contributed by atoms with Gasteiger partial charge >= 0.3 is 17.9 Å². The molecule has 8 N–H and O–H groups in total. The first kappa shape index (κ1) is 21.0. The van der Waals surface area contributed by atoms with Crippen molar-refractivity contribution >= 4 is 23.8 Å². The standard InChI is InChI=1S/C13H24N4O6/c1-6(2)3-7(14)11(19)22-5-9(16)13(21)23-12(20)8(15)4-10(17)18/h6-9H,3-5,14-16H2,1-2H3,(H2,17,18)/t7-,8-,9-/m0/s1. The van der Waals surface area contributed by atoms with Crippen LogP contribution in [0.15, 0.2) is 0 Å². The van der Waals surface area contributed by atoms with Crippen molar-refractivity contribution in [3.05, 3.63) is 0 Å². The van der Waals surface area contributed by atoms with E-state index in [1.807, 2.05) is 13.8 Å². The molecule has 0 saturated heterocycles. The fourth-order valence-electron chi connectivity index (χ4n) is 1.50. The Morgan fingerprint density at radius 1 is 0.870 bits per heavy atom. The van der Waals surface area contributed by atoms with Crippen LogP contribution in [0.4, 0.5) is 0 Å². The number of hydrogen-bond acceptors (Lipinski definition) is 9. The average Bonchev–Trinajstić information content (AvgIpc) is 2.42. The maximum Gasteiger partial charge on any atom is 0.334 e. The fourth-order valence-corrected chi connectivity index (χ4v) is 1.50. The average molecular weight is 332 g/mol. The molecule has 0 aliphatic heterocycles. The van der Waals surface area contributed by atoms with Gasteiger partial charge in [-0.15, -0.1) is 0 Å². The summed E-state index contributed by atoms with van der Waals surface area (Å²) >= 11 is 0. The Morgan fingerprint density at radius 3 is 1.87 bits per heavy atom. The Morgan fingerprint density at radius 2 is 1.39 bits per heavy atom. The summed E-state index contributed by atoms with van der Waals surface area (Å²) in [5, 5.41) is 0. The highest BCUT2D eigenvalue weighted by atomic mass is 16.6. The lowest BCUT2D eigenvalue weighted by Gasteiger charge is -2.16. The summed E-state index contributed by atoms with van der Waals surface area (Å²) in [7, 11) is 0. The van der Waals surface area contributed by atoms with Gasteiger partial charge in [-0.05, 0) is 12.3 Å². The maximum absolute atomic E-state index is 11.6. The summed E-state index contributed by atoms with van der Waals surface area (Å²) < 4.78 is 9.16. The number of esters is 3. The number of nitrogens with two attached hydrogens (primary N) is 4. The topological polar surface area (TPSA) is 191 Å². The molecule has 0 aromatic rings. The zero-order valence-electron chi connectivity index (χ0n) is 13.2. The normalized spacial score (nSPS) is 14.7. The molecule has 0 aliphatic rings. The Labute approximate surface area is 133 Å². The summed E-state index contributed by atoms with van der Waals surface area (Å²) in [4.78, 5) is 45.1. The Bertz CT molecular complexity index is 454. The van der Waals surface area contributed by atoms with Gasteiger partial charge in [0.25, 0.3) is 0 Å². The van der Waals surface area contributed by atoms with E-state index in [1.165, 1.54) is 0 Å². The van der Waals surface area contributed by atoms with Crippen molar-refractivity contribution in [2.75, 3.05) is 6.61 Å². The second kappa shape index (κ2) is 9.87. The first-order valence-corrected chi connectivity index (χ1v) is 7.01. The number of carbonyl (C=O) groups is 4. The molecular weight excluding hydrogens is 308 g/mol. The molecule has 0 aromatic carbocycles. The summed E-state index contributed by atoms with van der Waals surface area (Å²) in [5.41, 5.74) is 21.2. The molecule has 0 spiro atoms. The van der Waals surface area contributed by atoms with Crippen molar-refractivity contribution in [3.8, 4) is 0 Å². The van der Waals surface area contributed by atoms with Crippen LogP contribution < -0.4 is 22.9 Å². The third-order valence-corrected chi connectivity index (χ3v) is 2.66. The minimum Gasteiger partial charge on any atom is -0.462 e. The van der Waals surface area contributed by atoms with Crippen molar-refractivity contribution < 1.29 is 28.7 Å². The van der Waals surface area contributed by atoms with E-state index in [1.54, 1.807) is 0 Å². The lowest BCUT2D eigenvalue weighted by molar-refractivity contribution is -0.163. The van der Waals surface area contributed by atoms with Gasteiger partial charge in [0.15, 0.2) is 0 Å². The SMILES string of the molecule is CC(C)C[C@H](N)C(=O)OC[C@H](N)C(=O)OC(=O)[C@@H](N)CC(N)=O. The minimum atomic E-state index is -1.38. The van der Waals surface area contributed by atoms with Crippen LogP contribution in [0.5, 0.6) is 0 Å². The van der Waals surface area contributed by atoms with Crippen LogP contribution in [0, 0.1) is 5.92 Å². The Kier molecular flexibility index (Phi) is 9.00. The van der Waals surface area contributed by atoms with E-state index in [9.17, 15) is 19.2 Å². The van der Waals surface area contributed by atoms with Crippen LogP contribution in [0.2, 0.25) is 0 Å². The van der Waals surface area contributed by atoms with Gasteiger partial charge in [-0.25, -0.2) is 9.59 Å². The second-order valence-electron chi connectivity index (χ2n) is 5.49. The van der Waals surface area contributed by atoms with Gasteiger partial charge in [0.2, 0.25) is 5.91 Å². The van der Waals surface area contributed by atoms with Crippen LogP contribution in [-0.4, -0.2) is 48.5 Å². The molecule has 0 bridgehead atoms. The lowest BCUT2D eigenvalue weighted by atomic mass is 10.1. The summed E-state index contributed by atoms with van der Waals surface area (Å²) in [6, 6.07) is -3.58. The molecule has 10 nitrogen and oxygen atoms in total. The number of primary amides is 1. The van der Waals surface area contributed by atoms with Crippen LogP contribution in [0.1, 0.15) is 26.7 Å². The van der Waals surface area contributed by atoms with Gasteiger partial charge < -0.3 is 32.4 Å². The third kappa shape index (κ3) is 8.86. The highest BCUT2D eigenvalue weighted by Crippen LogP contribution is 2.04. The third-order valence-electron chi connectivity index (χ3n) is 2.66. The zero-order valence-corrected chi connectivity index (χ0v) is 13.2. The Balaban J connectivity index is 4.28. The predicted molar refractivity (Wildman–Crippen MR) is 79.3 cm³/mol. The number of hydrogen-bond donors (Lipinski definition) is 4. The molecule has 0 aromatic heterocycles. The number of rotatable bonds is 9. The molecule has 3 atom stereocenters. The van der Waals surface area contributed by atoms with E-state index in [-0.39, 0.29) is 5.92 Å². The first-order chi connectivity index (χ1) is 10.5. The number of carbonyl (C=O) groups excluding carboxylic acids is 4. The van der Waals surface area contributed by atoms with Crippen molar-refractivity contribution in [1.29, 1.82) is 0 Å². The molecule has 0 rings (SSSR count). The molecule has 0 saturated carbocycles. The Hall–Kier alpha value is -2.04. The van der Waals surface area contributed by atoms with E-state index in [0.717, 1.165) is 0 Å². The van der Waals surface area contributed by atoms with Gasteiger partial charge in [0.1, 0.15) is 24.7 Å². The van der Waals surface area contributed by atoms with E-state index < -0.39 is 55.0 Å². The van der Waals surface area contributed by atoms with Crippen molar-refractivity contribution in [2.45, 2.75) is 44.8 Å². The van der Waals surface area contributed by atoms with Gasteiger partial charge in [0, 0.05) is 0 Å². The summed E-state index contributed by atoms with van der Waals surface area (Å²) in [6.07, 6.45) is -0.0562. The molecule has 0 unspecified atom stereocenters. The molecule has 10 heteroatoms. The molecule has 132 valence electrons. The van der Waals surface area contributed by atoms with Gasteiger partial charge in [-0.2, -0.15) is 0 Å². The number of amides is 1. The molecule has 23 heavy (non-hydrogen) atoms. The molecular formula is C13H24N4O6. The highest BCUT2D eigenvalue weighted by Gasteiger charge is 2.26. The van der Waals surface area contributed by atoms with Crippen LogP contribution >= 0.6 is 0 Å². The monoisotopic (exact) mass is 332 g/mol. The summed E-state index contributed by atoms with van der Waals surface area (Å²) in [6.45, 7) is 3.27. The van der Waals surface area contributed by atoms with Crippen molar-refractivity contribution in [1.82, 2.24) is 0 Å². The van der Waals surface area contributed by atoms with E-state index in [4.69, 9.17) is 27.7 Å². The smallest absolute Gasteiger partial charge is 0.334 e. The van der Waals surface area contributed by atoms with Crippen molar-refractivity contribution in [3.63, 3.8) is 0 Å². The minimum absolute atomic E-state index is 0.195. The molecule has 0 aliphatic carbocycles. The highest BCUT2D eigenvalue weighted by molar-refractivity contribution is 5.93. The molecule has 0 radical (unpaired) electrons. The fraction of sp³-hybridized carbons (Fsp3) is 0.692. The van der Waals surface area contributed by atoms with Crippen LogP contribution in [-0.2, 0) is 28.7 Å². The summed E-state index contributed by atoms with van der Waals surface area (Å²) in [5.74, 6) is -3.62. The zero-order chi connectivity index (χ0) is 18.2. The second-order valence-corrected chi connectivity index (χ2v) is 5.49. The van der Waals surface area contributed by atoms with Gasteiger partial charge in [0.05, 0.1) is 6.42 Å². The molecule has 1 amide bonds. The molecule has 0 fully saturated rings.